The van der Waals surface area contributed by atoms with Crippen LogP contribution in [0.3, 0.4) is 0 Å². The summed E-state index contributed by atoms with van der Waals surface area (Å²) in [5.41, 5.74) is 6.82. The van der Waals surface area contributed by atoms with Gasteiger partial charge in [0.2, 0.25) is 0 Å². The molecule has 0 aromatic carbocycles. The second-order valence-corrected chi connectivity index (χ2v) is 2.07. The average Bonchev–Trinajstić information content (AvgIpc) is 2.55. The fourth-order valence-electron chi connectivity index (χ4n) is 0.818. The molecular weight excluding hydrogens is 144 g/mol. The molecule has 0 bridgehead atoms. The lowest BCUT2D eigenvalue weighted by Crippen LogP contribution is -1.85. The average molecular weight is 150 g/mol. The highest BCUT2D eigenvalue weighted by atomic mass is 16.5. The summed E-state index contributed by atoms with van der Waals surface area (Å²) in [5, 5.41) is 3.70. The van der Waals surface area contributed by atoms with Crippen LogP contribution in [0.2, 0.25) is 0 Å². The second-order valence-electron chi connectivity index (χ2n) is 2.07. The van der Waals surface area contributed by atoms with Crippen molar-refractivity contribution in [2.24, 2.45) is 0 Å². The number of nitrogens with two attached hydrogens (primary N) is 1. The van der Waals surface area contributed by atoms with E-state index in [4.69, 9.17) is 5.73 Å². The topological polar surface area (TPSA) is 80.7 Å². The second kappa shape index (κ2) is 2.12. The Balaban J connectivity index is 2.45. The third-order valence-corrected chi connectivity index (χ3v) is 1.31. The maximum absolute atomic E-state index is 5.36. The molecule has 0 radical (unpaired) electrons. The third-order valence-electron chi connectivity index (χ3n) is 1.31. The first-order valence-electron chi connectivity index (χ1n) is 3.07. The normalized spacial score (nSPS) is 10.2. The zero-order valence-electron chi connectivity index (χ0n) is 5.61. The van der Waals surface area contributed by atoms with Crippen molar-refractivity contribution >= 4 is 5.95 Å². The van der Waals surface area contributed by atoms with E-state index in [0.717, 1.165) is 5.69 Å². The van der Waals surface area contributed by atoms with Gasteiger partial charge >= 0.3 is 0 Å². The number of H-pyrrole nitrogens is 1. The van der Waals surface area contributed by atoms with E-state index < -0.39 is 0 Å². The van der Waals surface area contributed by atoms with E-state index in [1.54, 1.807) is 12.3 Å². The molecule has 0 fully saturated rings. The van der Waals surface area contributed by atoms with Gasteiger partial charge in [-0.2, -0.15) is 0 Å². The first-order valence-corrected chi connectivity index (χ1v) is 3.07. The summed E-state index contributed by atoms with van der Waals surface area (Å²) in [6.45, 7) is 0. The molecule has 0 aliphatic heterocycles. The minimum absolute atomic E-state index is 0.378. The summed E-state index contributed by atoms with van der Waals surface area (Å²) in [6.07, 6.45) is 3.10. The van der Waals surface area contributed by atoms with Crippen LogP contribution in [-0.2, 0) is 0 Å². The van der Waals surface area contributed by atoms with Crippen LogP contribution in [0.1, 0.15) is 0 Å². The van der Waals surface area contributed by atoms with Crippen molar-refractivity contribution in [2.45, 2.75) is 0 Å². The lowest BCUT2D eigenvalue weighted by atomic mass is 10.3. The number of rotatable bonds is 1. The van der Waals surface area contributed by atoms with Crippen LogP contribution < -0.4 is 5.73 Å². The van der Waals surface area contributed by atoms with Crippen LogP contribution in [-0.4, -0.2) is 15.1 Å². The SMILES string of the molecule is Nc1ncc(-c2ccon2)[nH]1. The van der Waals surface area contributed by atoms with Gasteiger partial charge in [0.05, 0.1) is 11.9 Å². The molecule has 2 heterocycles. The van der Waals surface area contributed by atoms with Crippen LogP contribution in [0.25, 0.3) is 11.4 Å². The van der Waals surface area contributed by atoms with Crippen molar-refractivity contribution in [3.05, 3.63) is 18.5 Å². The summed E-state index contributed by atoms with van der Waals surface area (Å²) in [5.74, 6) is 0.378. The molecule has 0 atom stereocenters. The monoisotopic (exact) mass is 150 g/mol. The van der Waals surface area contributed by atoms with Gasteiger partial charge in [0.1, 0.15) is 12.0 Å². The minimum Gasteiger partial charge on any atom is -0.369 e. The van der Waals surface area contributed by atoms with Gasteiger partial charge in [-0.3, -0.25) is 0 Å². The van der Waals surface area contributed by atoms with E-state index in [1.165, 1.54) is 6.26 Å². The van der Waals surface area contributed by atoms with Crippen molar-refractivity contribution in [3.8, 4) is 11.4 Å². The molecule has 0 spiro atoms. The van der Waals surface area contributed by atoms with E-state index in [2.05, 4.69) is 19.6 Å². The zero-order chi connectivity index (χ0) is 7.68. The number of aromatic amines is 1. The Hall–Kier alpha value is -1.78. The molecule has 2 aromatic heterocycles. The number of anilines is 1. The highest BCUT2D eigenvalue weighted by molar-refractivity contribution is 5.53. The zero-order valence-corrected chi connectivity index (χ0v) is 5.61. The summed E-state index contributed by atoms with van der Waals surface area (Å²) in [7, 11) is 0. The molecule has 56 valence electrons. The summed E-state index contributed by atoms with van der Waals surface area (Å²) in [4.78, 5) is 6.64. The van der Waals surface area contributed by atoms with Gasteiger partial charge in [-0.05, 0) is 0 Å². The maximum atomic E-state index is 5.36. The number of nitrogens with zero attached hydrogens (tertiary/aromatic N) is 2. The molecule has 5 nitrogen and oxygen atoms in total. The van der Waals surface area contributed by atoms with Crippen molar-refractivity contribution in [3.63, 3.8) is 0 Å². The van der Waals surface area contributed by atoms with Gasteiger partial charge in [-0.15, -0.1) is 0 Å². The standard InChI is InChI=1S/C6H6N4O/c7-6-8-3-5(9-6)4-1-2-11-10-4/h1-3H,(H3,7,8,9). The summed E-state index contributed by atoms with van der Waals surface area (Å²) >= 11 is 0. The summed E-state index contributed by atoms with van der Waals surface area (Å²) < 4.78 is 4.64. The Morgan fingerprint density at radius 1 is 1.55 bits per heavy atom. The van der Waals surface area contributed by atoms with Crippen LogP contribution in [0.4, 0.5) is 5.95 Å². The molecule has 0 saturated heterocycles. The number of hydrogen-bond donors (Lipinski definition) is 2. The van der Waals surface area contributed by atoms with Gasteiger partial charge in [0.25, 0.3) is 0 Å². The fourth-order valence-corrected chi connectivity index (χ4v) is 0.818. The molecule has 5 heteroatoms. The molecule has 3 N–H and O–H groups in total. The Morgan fingerprint density at radius 3 is 3.00 bits per heavy atom. The predicted molar refractivity (Wildman–Crippen MR) is 38.5 cm³/mol. The highest BCUT2D eigenvalue weighted by Gasteiger charge is 2.02. The number of hydrogen-bond acceptors (Lipinski definition) is 4. The maximum Gasteiger partial charge on any atom is 0.197 e. The van der Waals surface area contributed by atoms with Gasteiger partial charge in [0, 0.05) is 6.07 Å². The molecule has 11 heavy (non-hydrogen) atoms. The van der Waals surface area contributed by atoms with Crippen LogP contribution in [0, 0.1) is 0 Å². The van der Waals surface area contributed by atoms with Gasteiger partial charge in [-0.1, -0.05) is 5.16 Å². The molecule has 0 aliphatic carbocycles. The lowest BCUT2D eigenvalue weighted by molar-refractivity contribution is 0.422. The highest BCUT2D eigenvalue weighted by Crippen LogP contribution is 2.13. The molecule has 0 unspecified atom stereocenters. The van der Waals surface area contributed by atoms with E-state index >= 15 is 0 Å². The number of imidazole rings is 1. The number of nitrogen functional groups attached to an aromatic ring is 1. The smallest absolute Gasteiger partial charge is 0.197 e. The fraction of sp³-hybridized carbons (Fsp3) is 0. The van der Waals surface area contributed by atoms with E-state index in [0.29, 0.717) is 11.6 Å². The Bertz CT molecular complexity index is 337. The van der Waals surface area contributed by atoms with E-state index in [-0.39, 0.29) is 0 Å². The molecule has 0 aliphatic rings. The Kier molecular flexibility index (Phi) is 1.15. The molecular formula is C6H6N4O. The first-order chi connectivity index (χ1) is 5.36. The number of nitrogens with one attached hydrogen (secondary N) is 1. The van der Waals surface area contributed by atoms with Crippen molar-refractivity contribution in [2.75, 3.05) is 5.73 Å². The summed E-state index contributed by atoms with van der Waals surface area (Å²) in [6, 6.07) is 1.73. The molecule has 0 saturated carbocycles. The Labute approximate surface area is 62.2 Å². The molecule has 0 amide bonds. The van der Waals surface area contributed by atoms with Crippen LogP contribution >= 0.6 is 0 Å². The van der Waals surface area contributed by atoms with Gasteiger partial charge in [-0.25, -0.2) is 4.98 Å². The van der Waals surface area contributed by atoms with Gasteiger partial charge in [0.15, 0.2) is 5.95 Å². The molecule has 2 rings (SSSR count). The van der Waals surface area contributed by atoms with E-state index in [9.17, 15) is 0 Å². The van der Waals surface area contributed by atoms with Crippen LogP contribution in [0.5, 0.6) is 0 Å². The quantitative estimate of drug-likeness (QED) is 0.625. The predicted octanol–water partition coefficient (Wildman–Crippen LogP) is 0.647. The van der Waals surface area contributed by atoms with Crippen molar-refractivity contribution in [1.29, 1.82) is 0 Å². The van der Waals surface area contributed by atoms with Crippen molar-refractivity contribution < 1.29 is 4.52 Å². The largest absolute Gasteiger partial charge is 0.369 e. The number of aromatic nitrogens is 3. The molecule has 2 aromatic rings. The lowest BCUT2D eigenvalue weighted by Gasteiger charge is -1.84. The Morgan fingerprint density at radius 2 is 2.45 bits per heavy atom. The minimum atomic E-state index is 0.378. The van der Waals surface area contributed by atoms with E-state index in [1.807, 2.05) is 0 Å². The van der Waals surface area contributed by atoms with Gasteiger partial charge < -0.3 is 15.2 Å². The van der Waals surface area contributed by atoms with Crippen LogP contribution in [0.15, 0.2) is 23.0 Å². The first kappa shape index (κ1) is 5.96. The third kappa shape index (κ3) is 0.958. The van der Waals surface area contributed by atoms with Crippen molar-refractivity contribution in [1.82, 2.24) is 15.1 Å².